The molecule has 0 aliphatic carbocycles. The van der Waals surface area contributed by atoms with Crippen LogP contribution in [0.1, 0.15) is 27.7 Å². The van der Waals surface area contributed by atoms with E-state index < -0.39 is 0 Å². The molecule has 0 radical (unpaired) electrons. The Hall–Kier alpha value is -0.120. The van der Waals surface area contributed by atoms with Crippen LogP contribution in [-0.4, -0.2) is 44.0 Å². The van der Waals surface area contributed by atoms with Gasteiger partial charge < -0.3 is 9.47 Å². The number of hydrogen-bond donors (Lipinski definition) is 0. The molecular formula is C10H23NO2. The van der Waals surface area contributed by atoms with Gasteiger partial charge in [-0.3, -0.25) is 4.90 Å². The van der Waals surface area contributed by atoms with Gasteiger partial charge in [0.2, 0.25) is 0 Å². The van der Waals surface area contributed by atoms with E-state index in [1.165, 1.54) is 0 Å². The van der Waals surface area contributed by atoms with Crippen molar-refractivity contribution in [2.45, 2.75) is 40.0 Å². The van der Waals surface area contributed by atoms with E-state index in [2.05, 4.69) is 25.7 Å². The third-order valence-electron chi connectivity index (χ3n) is 2.34. The maximum Gasteiger partial charge on any atom is 0.154 e. The van der Waals surface area contributed by atoms with E-state index in [0.717, 1.165) is 19.7 Å². The predicted octanol–water partition coefficient (Wildman–Crippen LogP) is 1.73. The second kappa shape index (κ2) is 7.30. The van der Waals surface area contributed by atoms with Crippen molar-refractivity contribution in [3.05, 3.63) is 0 Å². The maximum atomic E-state index is 5.47. The van der Waals surface area contributed by atoms with Crippen molar-refractivity contribution in [1.29, 1.82) is 0 Å². The molecule has 2 atom stereocenters. The van der Waals surface area contributed by atoms with Gasteiger partial charge >= 0.3 is 0 Å². The summed E-state index contributed by atoms with van der Waals surface area (Å²) in [4.78, 5) is 2.36. The molecule has 0 bridgehead atoms. The normalized spacial score (nSPS) is 16.2. The van der Waals surface area contributed by atoms with E-state index in [1.54, 1.807) is 7.11 Å². The molecule has 0 aromatic rings. The van der Waals surface area contributed by atoms with Gasteiger partial charge in [-0.1, -0.05) is 13.8 Å². The number of ether oxygens (including phenoxy) is 2. The molecular weight excluding hydrogens is 166 g/mol. The highest BCUT2D eigenvalue weighted by Gasteiger charge is 2.11. The SMILES string of the molecule is CCN(CC)C(C)COC(C)OC. The van der Waals surface area contributed by atoms with Gasteiger partial charge in [0, 0.05) is 13.2 Å². The van der Waals surface area contributed by atoms with Gasteiger partial charge in [-0.05, 0) is 26.9 Å². The van der Waals surface area contributed by atoms with Crippen molar-refractivity contribution >= 4 is 0 Å². The molecule has 0 aliphatic rings. The summed E-state index contributed by atoms with van der Waals surface area (Å²) in [6.45, 7) is 11.3. The highest BCUT2D eigenvalue weighted by molar-refractivity contribution is 4.63. The van der Waals surface area contributed by atoms with E-state index in [-0.39, 0.29) is 6.29 Å². The van der Waals surface area contributed by atoms with Crippen LogP contribution in [0, 0.1) is 0 Å². The van der Waals surface area contributed by atoms with Crippen LogP contribution >= 0.6 is 0 Å². The van der Waals surface area contributed by atoms with Crippen molar-refractivity contribution in [3.8, 4) is 0 Å². The van der Waals surface area contributed by atoms with Gasteiger partial charge in [-0.2, -0.15) is 0 Å². The van der Waals surface area contributed by atoms with E-state index in [1.807, 2.05) is 6.92 Å². The van der Waals surface area contributed by atoms with E-state index in [9.17, 15) is 0 Å². The summed E-state index contributed by atoms with van der Waals surface area (Å²) in [5.74, 6) is 0. The first-order valence-electron chi connectivity index (χ1n) is 5.04. The summed E-state index contributed by atoms with van der Waals surface area (Å²) < 4.78 is 10.5. The van der Waals surface area contributed by atoms with Gasteiger partial charge in [0.15, 0.2) is 6.29 Å². The Morgan fingerprint density at radius 3 is 2.08 bits per heavy atom. The van der Waals surface area contributed by atoms with Crippen LogP contribution in [-0.2, 0) is 9.47 Å². The molecule has 0 saturated heterocycles. The van der Waals surface area contributed by atoms with Crippen LogP contribution in [0.15, 0.2) is 0 Å². The molecule has 0 rings (SSSR count). The summed E-state index contributed by atoms with van der Waals surface area (Å²) >= 11 is 0. The Balaban J connectivity index is 3.65. The molecule has 3 heteroatoms. The quantitative estimate of drug-likeness (QED) is 0.569. The van der Waals surface area contributed by atoms with Gasteiger partial charge in [-0.15, -0.1) is 0 Å². The highest BCUT2D eigenvalue weighted by Crippen LogP contribution is 2.01. The summed E-state index contributed by atoms with van der Waals surface area (Å²) in [5.41, 5.74) is 0. The lowest BCUT2D eigenvalue weighted by Gasteiger charge is -2.26. The maximum absolute atomic E-state index is 5.47. The van der Waals surface area contributed by atoms with Crippen molar-refractivity contribution in [3.63, 3.8) is 0 Å². The number of rotatable bonds is 7. The highest BCUT2D eigenvalue weighted by atomic mass is 16.7. The number of nitrogens with zero attached hydrogens (tertiary/aromatic N) is 1. The number of likely N-dealkylation sites (N-methyl/N-ethyl adjacent to an activating group) is 1. The largest absolute Gasteiger partial charge is 0.356 e. The lowest BCUT2D eigenvalue weighted by molar-refractivity contribution is -0.121. The molecule has 0 spiro atoms. The Bertz CT molecular complexity index is 115. The Morgan fingerprint density at radius 1 is 1.15 bits per heavy atom. The van der Waals surface area contributed by atoms with Crippen LogP contribution in [0.3, 0.4) is 0 Å². The smallest absolute Gasteiger partial charge is 0.154 e. The Kier molecular flexibility index (Phi) is 7.23. The van der Waals surface area contributed by atoms with Gasteiger partial charge in [0.1, 0.15) is 0 Å². The standard InChI is InChI=1S/C10H23NO2/c1-6-11(7-2)9(3)8-13-10(4)12-5/h9-10H,6-8H2,1-5H3. The monoisotopic (exact) mass is 189 g/mol. The molecule has 13 heavy (non-hydrogen) atoms. The summed E-state index contributed by atoms with van der Waals surface area (Å²) in [7, 11) is 1.66. The van der Waals surface area contributed by atoms with Crippen LogP contribution in [0.2, 0.25) is 0 Å². The lowest BCUT2D eigenvalue weighted by atomic mass is 10.3. The van der Waals surface area contributed by atoms with E-state index in [0.29, 0.717) is 6.04 Å². The molecule has 0 aromatic heterocycles. The second-order valence-corrected chi connectivity index (χ2v) is 3.21. The summed E-state index contributed by atoms with van der Waals surface area (Å²) in [5, 5.41) is 0. The van der Waals surface area contributed by atoms with Gasteiger partial charge in [-0.25, -0.2) is 0 Å². The molecule has 0 heterocycles. The first kappa shape index (κ1) is 12.9. The Morgan fingerprint density at radius 2 is 1.69 bits per heavy atom. The lowest BCUT2D eigenvalue weighted by Crippen LogP contribution is -2.37. The number of methoxy groups -OCH3 is 1. The molecule has 0 N–H and O–H groups in total. The fraction of sp³-hybridized carbons (Fsp3) is 1.00. The molecule has 0 aromatic carbocycles. The average molecular weight is 189 g/mol. The average Bonchev–Trinajstić information content (AvgIpc) is 2.16. The van der Waals surface area contributed by atoms with Crippen molar-refractivity contribution < 1.29 is 9.47 Å². The van der Waals surface area contributed by atoms with Gasteiger partial charge in [0.05, 0.1) is 6.61 Å². The minimum Gasteiger partial charge on any atom is -0.356 e. The minimum absolute atomic E-state index is 0.0991. The predicted molar refractivity (Wildman–Crippen MR) is 54.8 cm³/mol. The molecule has 80 valence electrons. The first-order valence-corrected chi connectivity index (χ1v) is 5.04. The molecule has 0 aliphatic heterocycles. The van der Waals surface area contributed by atoms with Crippen LogP contribution in [0.25, 0.3) is 0 Å². The summed E-state index contributed by atoms with van der Waals surface area (Å²) in [6.07, 6.45) is -0.0991. The third kappa shape index (κ3) is 5.24. The van der Waals surface area contributed by atoms with Crippen LogP contribution < -0.4 is 0 Å². The zero-order valence-electron chi connectivity index (χ0n) is 9.54. The molecule has 0 fully saturated rings. The fourth-order valence-electron chi connectivity index (χ4n) is 1.30. The zero-order valence-corrected chi connectivity index (χ0v) is 9.54. The van der Waals surface area contributed by atoms with Crippen molar-refractivity contribution in [1.82, 2.24) is 4.90 Å². The zero-order chi connectivity index (χ0) is 10.3. The second-order valence-electron chi connectivity index (χ2n) is 3.21. The third-order valence-corrected chi connectivity index (χ3v) is 2.34. The van der Waals surface area contributed by atoms with Crippen LogP contribution in [0.4, 0.5) is 0 Å². The molecule has 3 nitrogen and oxygen atoms in total. The summed E-state index contributed by atoms with van der Waals surface area (Å²) in [6, 6.07) is 0.465. The molecule has 2 unspecified atom stereocenters. The minimum atomic E-state index is -0.0991. The molecule has 0 saturated carbocycles. The van der Waals surface area contributed by atoms with Gasteiger partial charge in [0.25, 0.3) is 0 Å². The topological polar surface area (TPSA) is 21.7 Å². The van der Waals surface area contributed by atoms with Crippen molar-refractivity contribution in [2.75, 3.05) is 26.8 Å². The van der Waals surface area contributed by atoms with Crippen molar-refractivity contribution in [2.24, 2.45) is 0 Å². The van der Waals surface area contributed by atoms with E-state index >= 15 is 0 Å². The molecule has 0 amide bonds. The van der Waals surface area contributed by atoms with Crippen LogP contribution in [0.5, 0.6) is 0 Å². The fourth-order valence-corrected chi connectivity index (χ4v) is 1.30. The number of hydrogen-bond acceptors (Lipinski definition) is 3. The van der Waals surface area contributed by atoms with E-state index in [4.69, 9.17) is 9.47 Å². The Labute approximate surface area is 82.0 Å². The first-order chi connectivity index (χ1) is 6.15.